The summed E-state index contributed by atoms with van der Waals surface area (Å²) in [6.45, 7) is 2.82. The molecular weight excluding hydrogens is 386 g/mol. The van der Waals surface area contributed by atoms with E-state index < -0.39 is 0 Å². The molecule has 0 saturated carbocycles. The van der Waals surface area contributed by atoms with Crippen molar-refractivity contribution in [2.24, 2.45) is 0 Å². The van der Waals surface area contributed by atoms with Crippen LogP contribution >= 0.6 is 0 Å². The van der Waals surface area contributed by atoms with Gasteiger partial charge >= 0.3 is 0 Å². The van der Waals surface area contributed by atoms with Crippen molar-refractivity contribution in [3.8, 4) is 23.0 Å². The zero-order valence-electron chi connectivity index (χ0n) is 18.1. The van der Waals surface area contributed by atoms with Crippen LogP contribution in [0, 0.1) is 0 Å². The summed E-state index contributed by atoms with van der Waals surface area (Å²) >= 11 is 0. The van der Waals surface area contributed by atoms with Gasteiger partial charge in [-0.3, -0.25) is 4.79 Å². The lowest BCUT2D eigenvalue weighted by molar-refractivity contribution is -0.117. The smallest absolute Gasteiger partial charge is 0.244 e. The highest BCUT2D eigenvalue weighted by atomic mass is 16.5. The first-order valence-electron chi connectivity index (χ1n) is 9.52. The Morgan fingerprint density at radius 2 is 1.70 bits per heavy atom. The van der Waals surface area contributed by atoms with Crippen molar-refractivity contribution in [3.63, 3.8) is 0 Å². The molecule has 0 aromatic heterocycles. The maximum Gasteiger partial charge on any atom is 0.244 e. The van der Waals surface area contributed by atoms with Crippen LogP contribution in [0.4, 0.5) is 0 Å². The first-order chi connectivity index (χ1) is 14.5. The van der Waals surface area contributed by atoms with Crippen LogP contribution in [0.2, 0.25) is 0 Å². The third-order valence-corrected chi connectivity index (χ3v) is 4.45. The van der Waals surface area contributed by atoms with Crippen molar-refractivity contribution in [2.75, 3.05) is 41.7 Å². The van der Waals surface area contributed by atoms with Gasteiger partial charge in [-0.15, -0.1) is 0 Å². The Bertz CT molecular complexity index is 865. The number of benzene rings is 2. The standard InChI is InChI=1S/C23H29NO6/c1-16(18-7-10-20(22(14-18)29-5)30-13-12-26-2)24-23(25)11-8-17-6-9-19(27-3)15-21(17)28-4/h6-11,14-16H,12-13H2,1-5H3,(H,24,25)/b11-8+. The summed E-state index contributed by atoms with van der Waals surface area (Å²) in [6.07, 6.45) is 3.17. The highest BCUT2D eigenvalue weighted by molar-refractivity contribution is 5.92. The minimum Gasteiger partial charge on any atom is -0.497 e. The van der Waals surface area contributed by atoms with Gasteiger partial charge in [0.25, 0.3) is 0 Å². The molecule has 1 unspecified atom stereocenters. The number of amides is 1. The fourth-order valence-electron chi connectivity index (χ4n) is 2.77. The van der Waals surface area contributed by atoms with Crippen molar-refractivity contribution >= 4 is 12.0 Å². The van der Waals surface area contributed by atoms with Crippen LogP contribution in [-0.4, -0.2) is 47.6 Å². The summed E-state index contributed by atoms with van der Waals surface area (Å²) in [4.78, 5) is 12.4. The summed E-state index contributed by atoms with van der Waals surface area (Å²) < 4.78 is 26.6. The van der Waals surface area contributed by atoms with Crippen LogP contribution in [0.15, 0.2) is 42.5 Å². The molecule has 2 aromatic rings. The molecule has 0 spiro atoms. The van der Waals surface area contributed by atoms with Crippen LogP contribution < -0.4 is 24.3 Å². The molecule has 7 heteroatoms. The fraction of sp³-hybridized carbons (Fsp3) is 0.348. The summed E-state index contributed by atoms with van der Waals surface area (Å²) in [5.74, 6) is 2.32. The Morgan fingerprint density at radius 1 is 0.933 bits per heavy atom. The molecule has 0 saturated heterocycles. The molecule has 1 N–H and O–H groups in total. The van der Waals surface area contributed by atoms with E-state index in [0.29, 0.717) is 36.2 Å². The van der Waals surface area contributed by atoms with E-state index in [4.69, 9.17) is 23.7 Å². The van der Waals surface area contributed by atoms with Gasteiger partial charge in [-0.25, -0.2) is 0 Å². The van der Waals surface area contributed by atoms with E-state index in [2.05, 4.69) is 5.32 Å². The van der Waals surface area contributed by atoms with Crippen LogP contribution in [0.25, 0.3) is 6.08 Å². The second kappa shape index (κ2) is 11.7. The van der Waals surface area contributed by atoms with Crippen molar-refractivity contribution in [1.29, 1.82) is 0 Å². The molecule has 2 aromatic carbocycles. The lowest BCUT2D eigenvalue weighted by Crippen LogP contribution is -2.24. The van der Waals surface area contributed by atoms with Crippen LogP contribution in [-0.2, 0) is 9.53 Å². The van der Waals surface area contributed by atoms with E-state index in [1.165, 1.54) is 6.08 Å². The maximum atomic E-state index is 12.4. The van der Waals surface area contributed by atoms with Crippen LogP contribution in [0.5, 0.6) is 23.0 Å². The second-order valence-corrected chi connectivity index (χ2v) is 6.42. The van der Waals surface area contributed by atoms with Gasteiger partial charge in [-0.2, -0.15) is 0 Å². The van der Waals surface area contributed by atoms with Gasteiger partial charge in [0.15, 0.2) is 11.5 Å². The molecule has 2 rings (SSSR count). The van der Waals surface area contributed by atoms with Gasteiger partial charge in [0.2, 0.25) is 5.91 Å². The minimum absolute atomic E-state index is 0.221. The van der Waals surface area contributed by atoms with Gasteiger partial charge in [0, 0.05) is 24.8 Å². The lowest BCUT2D eigenvalue weighted by Gasteiger charge is -2.16. The molecule has 1 amide bonds. The van der Waals surface area contributed by atoms with Gasteiger partial charge in [-0.1, -0.05) is 6.07 Å². The molecule has 0 fully saturated rings. The Kier molecular flexibility index (Phi) is 9.03. The number of methoxy groups -OCH3 is 4. The predicted octanol–water partition coefficient (Wildman–Crippen LogP) is 3.63. The van der Waals surface area contributed by atoms with Crippen molar-refractivity contribution in [3.05, 3.63) is 53.6 Å². The summed E-state index contributed by atoms with van der Waals surface area (Å²) in [5.41, 5.74) is 1.68. The normalized spacial score (nSPS) is 11.8. The molecule has 0 heterocycles. The molecular formula is C23H29NO6. The Morgan fingerprint density at radius 3 is 2.37 bits per heavy atom. The summed E-state index contributed by atoms with van der Waals surface area (Å²) in [7, 11) is 6.36. The van der Waals surface area contributed by atoms with Gasteiger partial charge in [0.05, 0.1) is 34.0 Å². The number of ether oxygens (including phenoxy) is 5. The van der Waals surface area contributed by atoms with Gasteiger partial charge in [0.1, 0.15) is 18.1 Å². The number of carbonyl (C=O) groups is 1. The number of hydrogen-bond donors (Lipinski definition) is 1. The quantitative estimate of drug-likeness (QED) is 0.446. The van der Waals surface area contributed by atoms with Crippen LogP contribution in [0.1, 0.15) is 24.1 Å². The van der Waals surface area contributed by atoms with E-state index in [0.717, 1.165) is 11.1 Å². The fourth-order valence-corrected chi connectivity index (χ4v) is 2.77. The average Bonchev–Trinajstić information content (AvgIpc) is 2.77. The third kappa shape index (κ3) is 6.42. The van der Waals surface area contributed by atoms with E-state index in [9.17, 15) is 4.79 Å². The van der Waals surface area contributed by atoms with E-state index in [1.54, 1.807) is 40.6 Å². The molecule has 30 heavy (non-hydrogen) atoms. The Hall–Kier alpha value is -3.19. The molecule has 0 bridgehead atoms. The van der Waals surface area contributed by atoms with Crippen molar-refractivity contribution < 1.29 is 28.5 Å². The molecule has 7 nitrogen and oxygen atoms in total. The van der Waals surface area contributed by atoms with E-state index >= 15 is 0 Å². The Labute approximate surface area is 177 Å². The summed E-state index contributed by atoms with van der Waals surface area (Å²) in [5, 5.41) is 2.94. The number of carbonyl (C=O) groups excluding carboxylic acids is 1. The maximum absolute atomic E-state index is 12.4. The SMILES string of the molecule is COCCOc1ccc(C(C)NC(=O)/C=C/c2ccc(OC)cc2OC)cc1OC. The van der Waals surface area contributed by atoms with Crippen molar-refractivity contribution in [2.45, 2.75) is 13.0 Å². The topological polar surface area (TPSA) is 75.3 Å². The largest absolute Gasteiger partial charge is 0.497 e. The minimum atomic E-state index is -0.222. The summed E-state index contributed by atoms with van der Waals surface area (Å²) in [6, 6.07) is 10.8. The molecule has 0 radical (unpaired) electrons. The first kappa shape index (κ1) is 23.1. The van der Waals surface area contributed by atoms with E-state index in [1.807, 2.05) is 37.3 Å². The van der Waals surface area contributed by atoms with Gasteiger partial charge in [-0.05, 0) is 42.8 Å². The number of nitrogens with one attached hydrogen (secondary N) is 1. The third-order valence-electron chi connectivity index (χ3n) is 4.45. The molecule has 162 valence electrons. The highest BCUT2D eigenvalue weighted by Crippen LogP contribution is 2.30. The first-order valence-corrected chi connectivity index (χ1v) is 9.52. The molecule has 0 aliphatic heterocycles. The Balaban J connectivity index is 2.04. The van der Waals surface area contributed by atoms with E-state index in [-0.39, 0.29) is 11.9 Å². The molecule has 1 atom stereocenters. The molecule has 0 aliphatic carbocycles. The monoisotopic (exact) mass is 415 g/mol. The number of rotatable bonds is 11. The molecule has 0 aliphatic rings. The second-order valence-electron chi connectivity index (χ2n) is 6.42. The average molecular weight is 415 g/mol. The zero-order chi connectivity index (χ0) is 21.9. The van der Waals surface area contributed by atoms with Crippen LogP contribution in [0.3, 0.4) is 0 Å². The van der Waals surface area contributed by atoms with Crippen molar-refractivity contribution in [1.82, 2.24) is 5.32 Å². The zero-order valence-corrected chi connectivity index (χ0v) is 18.1. The lowest BCUT2D eigenvalue weighted by atomic mass is 10.1. The number of hydrogen-bond acceptors (Lipinski definition) is 6. The predicted molar refractivity (Wildman–Crippen MR) is 116 cm³/mol. The van der Waals surface area contributed by atoms with Gasteiger partial charge < -0.3 is 29.0 Å². The highest BCUT2D eigenvalue weighted by Gasteiger charge is 2.12.